The number of aliphatic hydroxyl groups excluding tert-OH is 20. The first kappa shape index (κ1) is 66.9. The average Bonchev–Trinajstić information content (AvgIpc) is 3.48. The Morgan fingerprint density at radius 3 is 0.619 bits per heavy atom. The molecule has 35 atom stereocenters. The average molecular weight is 1340 g/mol. The number of hydrogen-bond donors (Lipinski definition) is 21. The minimum absolute atomic E-state index is 0.00924. The van der Waals surface area contributed by atoms with Crippen LogP contribution in [0.3, 0.4) is 0 Å². The van der Waals surface area contributed by atoms with Gasteiger partial charge in [-0.25, -0.2) is 0 Å². The van der Waals surface area contributed by atoms with Gasteiger partial charge in [0.2, 0.25) is 0 Å². The Morgan fingerprint density at radius 1 is 0.250 bits per heavy atom. The number of aromatic hydroxyl groups is 1. The maximum absolute atomic E-state index is 11.8. The van der Waals surface area contributed by atoms with Gasteiger partial charge in [0.25, 0.3) is 0 Å². The summed E-state index contributed by atoms with van der Waals surface area (Å²) >= 11 is -1.41. The third-order valence-corrected chi connectivity index (χ3v) is 19.0. The van der Waals surface area contributed by atoms with Gasteiger partial charge < -0.3 is 84.6 Å². The number of phenols is 1. The van der Waals surface area contributed by atoms with Crippen molar-refractivity contribution in [3.8, 4) is 5.75 Å². The van der Waals surface area contributed by atoms with Crippen molar-refractivity contribution in [3.05, 3.63) is 24.3 Å². The van der Waals surface area contributed by atoms with Gasteiger partial charge in [0.05, 0.1) is 26.4 Å². The van der Waals surface area contributed by atoms with E-state index in [1.54, 1.807) is 12.1 Å². The Balaban J connectivity index is 1.02. The zero-order valence-corrected chi connectivity index (χ0v) is 46.3. The summed E-state index contributed by atoms with van der Waals surface area (Å²) in [4.78, 5) is 0. The fourth-order valence-electron chi connectivity index (χ4n) is 11.1. The maximum atomic E-state index is 11.8. The Morgan fingerprint density at radius 2 is 0.429 bits per heavy atom. The molecule has 482 valence electrons. The Labute approximate surface area is 485 Å². The van der Waals surface area contributed by atoms with Gasteiger partial charge in [-0.05, 0) is 0 Å². The molecule has 0 aromatic heterocycles. The Bertz CT molecular complexity index is 2180. The molecule has 21 N–H and O–H groups in total. The van der Waals surface area contributed by atoms with Crippen LogP contribution < -0.4 is 3.61 Å². The molecule has 21 aliphatic heterocycles. The van der Waals surface area contributed by atoms with Crippen LogP contribution in [-0.4, -0.2) is 383 Å². The third-order valence-electron chi connectivity index (χ3n) is 15.9. The number of aliphatic hydroxyl groups is 20. The molecule has 36 heteroatoms. The van der Waals surface area contributed by atoms with Crippen molar-refractivity contribution in [2.45, 2.75) is 219 Å². The van der Waals surface area contributed by atoms with E-state index >= 15 is 0 Å². The van der Waals surface area contributed by atoms with Crippen molar-refractivity contribution in [2.75, 3.05) is 39.6 Å². The summed E-state index contributed by atoms with van der Waals surface area (Å²) in [5.41, 5.74) is 0. The van der Waals surface area contributed by atoms with E-state index < -0.39 is 276 Å². The smallest absolute Gasteiger partial charge is 0.394 e. The third kappa shape index (κ3) is 13.6. The summed E-state index contributed by atoms with van der Waals surface area (Å²) in [6, 6.07) is 6.03. The molecule has 0 radical (unpaired) electrons. The zero-order valence-electron chi connectivity index (χ0n) is 44.0. The van der Waals surface area contributed by atoms with Crippen LogP contribution in [0.25, 0.3) is 0 Å². The van der Waals surface area contributed by atoms with Gasteiger partial charge in [-0.2, -0.15) is 0 Å². The van der Waals surface area contributed by atoms with Crippen LogP contribution in [0.4, 0.5) is 0 Å². The van der Waals surface area contributed by atoms with Gasteiger partial charge in [0, 0.05) is 0 Å². The van der Waals surface area contributed by atoms with Crippen LogP contribution >= 0.6 is 0 Å². The van der Waals surface area contributed by atoms with E-state index in [0.29, 0.717) is 3.61 Å². The molecule has 14 bridgehead atoms. The fourth-order valence-corrected chi connectivity index (χ4v) is 13.8. The van der Waals surface area contributed by atoms with Crippen molar-refractivity contribution in [2.24, 2.45) is 0 Å². The minimum atomic E-state index is -2.21. The van der Waals surface area contributed by atoms with E-state index in [-0.39, 0.29) is 10.2 Å². The Kier molecular flexibility index (Phi) is 22.9. The fraction of sp³-hybridized carbons (Fsp3) is 0.875. The number of benzene rings is 1. The van der Waals surface area contributed by atoms with Gasteiger partial charge in [-0.1, -0.05) is 0 Å². The predicted octanol–water partition coefficient (Wildman–Crippen LogP) is -14.1. The molecule has 0 spiro atoms. The molecular weight excluding hydrogens is 1260 g/mol. The van der Waals surface area contributed by atoms with Gasteiger partial charge in [0.1, 0.15) is 61.0 Å². The van der Waals surface area contributed by atoms with Gasteiger partial charge in [0.15, 0.2) is 18.9 Å². The second-order valence-corrected chi connectivity index (χ2v) is 24.4. The van der Waals surface area contributed by atoms with Crippen molar-refractivity contribution in [3.63, 3.8) is 0 Å². The molecule has 21 fully saturated rings. The molecule has 35 nitrogen and oxygen atoms in total. The van der Waals surface area contributed by atoms with E-state index in [4.69, 9.17) is 66.3 Å². The summed E-state index contributed by atoms with van der Waals surface area (Å²) < 4.78 is 82.1. The molecule has 0 saturated carbocycles. The van der Waals surface area contributed by atoms with Gasteiger partial charge >= 0.3 is 296 Å². The standard InChI is InChI=1S/C48H74O35Te/c49-5-14-35-22(57)29(64)43(71-14)79-37-16(7-51)73-45(31(66)24(37)59)81-39-18(9-53)75-47(33(68)26(39)61)83-41-20(11-84-13-3-1-12(55)2-4-13)76-48(34(69)27(41)62)82-40-19(10-54)74-46(32(67)25(40)60)80-38-17(8-52)72-44(30(65)23(38)58)78-36-15(6-50)70-42(77-35)28(63)21(36)56/h1-4,14-69H,5-11H2/t14-,15-,16-,17-,18-,19-,20-,21-,22-,23-,24-,25-,26-,27-,28-,29-,30-,31-,32-,33-,34-,35-,36-,37-,38-,39-,40-,41-,42-,43-,44-,45-,46-,47-,48-/m1/s1. The second-order valence-electron chi connectivity index (χ2n) is 21.3. The molecule has 21 aliphatic rings. The number of rotatable bonds is 9. The molecule has 0 amide bonds. The molecule has 84 heavy (non-hydrogen) atoms. The van der Waals surface area contributed by atoms with Crippen LogP contribution in [0.1, 0.15) is 0 Å². The minimum Gasteiger partial charge on any atom is -0.394 e. The monoisotopic (exact) mass is 1340 g/mol. The van der Waals surface area contributed by atoms with Crippen LogP contribution in [0.5, 0.6) is 5.75 Å². The van der Waals surface area contributed by atoms with Crippen molar-refractivity contribution >= 4 is 24.5 Å². The zero-order chi connectivity index (χ0) is 60.7. The van der Waals surface area contributed by atoms with E-state index in [0.717, 1.165) is 0 Å². The van der Waals surface area contributed by atoms with Crippen LogP contribution in [0.15, 0.2) is 24.3 Å². The molecule has 0 unspecified atom stereocenters. The van der Waals surface area contributed by atoms with Crippen molar-refractivity contribution in [1.29, 1.82) is 0 Å². The topological polar surface area (TPSA) is 554 Å². The molecule has 1 aromatic rings. The summed E-state index contributed by atoms with van der Waals surface area (Å²) in [6.45, 7) is -6.23. The van der Waals surface area contributed by atoms with E-state index in [1.165, 1.54) is 12.1 Å². The SMILES string of the molecule is OC[C@H]1O[C@@H]2O[C@H]3[C@H](O)[C@@H](O)[C@@H](O[C@H]4[C@H](O)[C@@H](O)[C@@H](O[C@H]5[C@H](O)[C@@H](O)[C@@H](O[C@H]6[C@H](O)[C@@H](O)[C@@H](O[C@H]7[C@H](O)[C@@H](O)[C@@H](O[C@H]8[C@H](O)[C@@H](O)[C@@H](O[C@H]1[C@H](O)[C@H]2O)O[C@@H]8CO)O[C@@H]7CO)O[C@@H]6CO)O[C@@H]5C[Te]c1ccc(O)cc1)O[C@@H]4CO)O[C@@H]3CO. The molecule has 22 rings (SSSR count). The van der Waals surface area contributed by atoms with Crippen molar-refractivity contribution in [1.82, 2.24) is 0 Å². The number of phenolic OH excluding ortho intramolecular Hbond substituents is 1. The number of ether oxygens (including phenoxy) is 14. The Hall–Kier alpha value is -1.55. The summed E-state index contributed by atoms with van der Waals surface area (Å²) in [5, 5.41) is 233. The van der Waals surface area contributed by atoms with Gasteiger partial charge in [-0.15, -0.1) is 0 Å². The molecule has 21 saturated heterocycles. The quantitative estimate of drug-likeness (QED) is 0.102. The van der Waals surface area contributed by atoms with E-state index in [1.807, 2.05) is 0 Å². The summed E-state index contributed by atoms with van der Waals surface area (Å²) in [6.07, 6.45) is -69.2. The summed E-state index contributed by atoms with van der Waals surface area (Å²) in [5.74, 6) is -0.0546. The molecule has 0 aliphatic carbocycles. The first-order valence-corrected chi connectivity index (χ1v) is 29.7. The normalized spacial score (nSPS) is 51.7. The summed E-state index contributed by atoms with van der Waals surface area (Å²) in [7, 11) is 0. The van der Waals surface area contributed by atoms with Crippen LogP contribution in [-0.2, 0) is 66.3 Å². The second kappa shape index (κ2) is 28.7. The van der Waals surface area contributed by atoms with Gasteiger partial charge in [-0.3, -0.25) is 0 Å². The predicted molar refractivity (Wildman–Crippen MR) is 260 cm³/mol. The van der Waals surface area contributed by atoms with Crippen LogP contribution in [0.2, 0.25) is 4.47 Å². The first-order chi connectivity index (χ1) is 40.1. The number of hydrogen-bond acceptors (Lipinski definition) is 35. The molecule has 21 heterocycles. The molecule has 1 aromatic carbocycles. The van der Waals surface area contributed by atoms with Crippen molar-refractivity contribution < 1.29 is 174 Å². The molecular formula is C48H74O35Te. The van der Waals surface area contributed by atoms with E-state index in [2.05, 4.69) is 0 Å². The van der Waals surface area contributed by atoms with Crippen LogP contribution in [0, 0.1) is 0 Å². The first-order valence-electron chi connectivity index (χ1n) is 26.8. The van der Waals surface area contributed by atoms with E-state index in [9.17, 15) is 107 Å².